The normalized spacial score (nSPS) is 17.4. The molecule has 0 saturated carbocycles. The van der Waals surface area contributed by atoms with Crippen LogP contribution in [-0.2, 0) is 13.1 Å². The average Bonchev–Trinajstić information content (AvgIpc) is 3.23. The molecule has 3 aromatic rings. The summed E-state index contributed by atoms with van der Waals surface area (Å²) in [5, 5.41) is 0. The number of carbonyl (C=O) groups excluding carboxylic acids is 1. The van der Waals surface area contributed by atoms with Crippen LogP contribution in [0.25, 0.3) is 0 Å². The highest BCUT2D eigenvalue weighted by atomic mass is 16.4. The predicted octanol–water partition coefficient (Wildman–Crippen LogP) is 3.09. The second-order valence-corrected chi connectivity index (χ2v) is 6.54. The van der Waals surface area contributed by atoms with Crippen LogP contribution < -0.4 is 5.73 Å². The van der Waals surface area contributed by atoms with Crippen molar-refractivity contribution in [1.29, 1.82) is 0 Å². The third kappa shape index (κ3) is 2.98. The highest BCUT2D eigenvalue weighted by Gasteiger charge is 2.29. The second kappa shape index (κ2) is 6.26. The van der Waals surface area contributed by atoms with Gasteiger partial charge in [0.05, 0.1) is 12.6 Å². The zero-order valence-corrected chi connectivity index (χ0v) is 14.2. The number of furan rings is 1. The first-order chi connectivity index (χ1) is 12.1. The van der Waals surface area contributed by atoms with Gasteiger partial charge in [-0.15, -0.1) is 0 Å². The molecule has 1 atom stereocenters. The van der Waals surface area contributed by atoms with E-state index in [4.69, 9.17) is 10.2 Å². The Morgan fingerprint density at radius 2 is 2.08 bits per heavy atom. The number of carbonyl (C=O) groups is 1. The third-order valence-corrected chi connectivity index (χ3v) is 4.76. The topological polar surface area (TPSA) is 64.4 Å². The fourth-order valence-electron chi connectivity index (χ4n) is 3.62. The van der Waals surface area contributed by atoms with Gasteiger partial charge in [-0.05, 0) is 36.8 Å². The van der Waals surface area contributed by atoms with Crippen molar-refractivity contribution in [1.82, 2.24) is 9.47 Å². The molecule has 25 heavy (non-hydrogen) atoms. The molecule has 1 amide bonds. The van der Waals surface area contributed by atoms with Crippen molar-refractivity contribution in [2.24, 2.45) is 5.73 Å². The maximum absolute atomic E-state index is 11.3. The first kappa shape index (κ1) is 15.7. The van der Waals surface area contributed by atoms with Gasteiger partial charge in [0.1, 0.15) is 5.76 Å². The van der Waals surface area contributed by atoms with Crippen molar-refractivity contribution in [3.8, 4) is 0 Å². The zero-order chi connectivity index (χ0) is 17.4. The summed E-state index contributed by atoms with van der Waals surface area (Å²) in [5.74, 6) is 0.433. The van der Waals surface area contributed by atoms with Crippen molar-refractivity contribution in [2.75, 3.05) is 6.54 Å². The summed E-state index contributed by atoms with van der Waals surface area (Å²) in [7, 11) is 0. The number of benzene rings is 1. The number of rotatable bonds is 4. The molecule has 0 bridgehead atoms. The van der Waals surface area contributed by atoms with Gasteiger partial charge in [0.15, 0.2) is 5.76 Å². The maximum atomic E-state index is 11.3. The molecule has 0 fully saturated rings. The van der Waals surface area contributed by atoms with Gasteiger partial charge in [-0.25, -0.2) is 0 Å². The number of hydrogen-bond donors (Lipinski definition) is 1. The van der Waals surface area contributed by atoms with Crippen molar-refractivity contribution >= 4 is 5.91 Å². The van der Waals surface area contributed by atoms with E-state index in [1.807, 2.05) is 6.07 Å². The standard InChI is InChI=1S/C20H21N3O2/c1-14-4-2-5-15(12-14)19-17-6-3-9-22(17)10-11-23(19)13-16-7-8-18(25-16)20(21)24/h2-9,12,19H,10-11,13H2,1H3,(H2,21,24)/t19-/m1/s1. The summed E-state index contributed by atoms with van der Waals surface area (Å²) in [4.78, 5) is 13.7. The van der Waals surface area contributed by atoms with E-state index >= 15 is 0 Å². The molecule has 1 aromatic carbocycles. The molecule has 1 aliphatic heterocycles. The lowest BCUT2D eigenvalue weighted by atomic mass is 9.98. The monoisotopic (exact) mass is 335 g/mol. The van der Waals surface area contributed by atoms with Gasteiger partial charge in [-0.2, -0.15) is 0 Å². The van der Waals surface area contributed by atoms with Crippen LogP contribution >= 0.6 is 0 Å². The lowest BCUT2D eigenvalue weighted by Crippen LogP contribution is -2.37. The molecule has 4 rings (SSSR count). The smallest absolute Gasteiger partial charge is 0.284 e. The summed E-state index contributed by atoms with van der Waals surface area (Å²) < 4.78 is 7.91. The quantitative estimate of drug-likeness (QED) is 0.797. The maximum Gasteiger partial charge on any atom is 0.284 e. The van der Waals surface area contributed by atoms with Crippen molar-refractivity contribution in [3.63, 3.8) is 0 Å². The molecule has 0 unspecified atom stereocenters. The predicted molar refractivity (Wildman–Crippen MR) is 95.1 cm³/mol. The zero-order valence-electron chi connectivity index (χ0n) is 14.2. The molecule has 0 spiro atoms. The summed E-state index contributed by atoms with van der Waals surface area (Å²) in [6.07, 6.45) is 2.13. The van der Waals surface area contributed by atoms with Crippen LogP contribution in [0.15, 0.2) is 59.1 Å². The van der Waals surface area contributed by atoms with Crippen LogP contribution in [0.2, 0.25) is 0 Å². The molecule has 0 aliphatic carbocycles. The van der Waals surface area contributed by atoms with E-state index in [-0.39, 0.29) is 11.8 Å². The number of fused-ring (bicyclic) bond motifs is 1. The van der Waals surface area contributed by atoms with E-state index in [0.717, 1.165) is 18.8 Å². The van der Waals surface area contributed by atoms with Crippen LogP contribution in [0.1, 0.15) is 39.2 Å². The summed E-state index contributed by atoms with van der Waals surface area (Å²) >= 11 is 0. The van der Waals surface area contributed by atoms with E-state index in [1.54, 1.807) is 6.07 Å². The van der Waals surface area contributed by atoms with Crippen molar-refractivity contribution in [3.05, 3.63) is 83.1 Å². The fourth-order valence-corrected chi connectivity index (χ4v) is 3.62. The molecule has 0 saturated heterocycles. The van der Waals surface area contributed by atoms with E-state index in [1.165, 1.54) is 16.8 Å². The van der Waals surface area contributed by atoms with Gasteiger partial charge < -0.3 is 14.7 Å². The summed E-state index contributed by atoms with van der Waals surface area (Å²) in [6.45, 7) is 4.60. The van der Waals surface area contributed by atoms with E-state index in [0.29, 0.717) is 6.54 Å². The molecule has 1 aliphatic rings. The molecular formula is C20H21N3O2. The molecular weight excluding hydrogens is 314 g/mol. The molecule has 2 N–H and O–H groups in total. The van der Waals surface area contributed by atoms with Crippen molar-refractivity contribution in [2.45, 2.75) is 26.1 Å². The third-order valence-electron chi connectivity index (χ3n) is 4.76. The van der Waals surface area contributed by atoms with E-state index < -0.39 is 5.91 Å². The molecule has 3 heterocycles. The average molecular weight is 335 g/mol. The van der Waals surface area contributed by atoms with Gasteiger partial charge >= 0.3 is 0 Å². The first-order valence-electron chi connectivity index (χ1n) is 8.46. The van der Waals surface area contributed by atoms with E-state index in [2.05, 4.69) is 59.0 Å². The second-order valence-electron chi connectivity index (χ2n) is 6.54. The molecule has 128 valence electrons. The fraction of sp³-hybridized carbons (Fsp3) is 0.250. The van der Waals surface area contributed by atoms with Crippen LogP contribution in [-0.4, -0.2) is 21.9 Å². The Morgan fingerprint density at radius 3 is 2.84 bits per heavy atom. The minimum atomic E-state index is -0.533. The van der Waals surface area contributed by atoms with Crippen LogP contribution in [0.5, 0.6) is 0 Å². The number of primary amides is 1. The van der Waals surface area contributed by atoms with E-state index in [9.17, 15) is 4.79 Å². The number of aryl methyl sites for hydroxylation is 1. The highest BCUT2D eigenvalue weighted by molar-refractivity contribution is 5.89. The molecule has 5 nitrogen and oxygen atoms in total. The Balaban J connectivity index is 1.69. The minimum Gasteiger partial charge on any atom is -0.455 e. The van der Waals surface area contributed by atoms with Crippen LogP contribution in [0.3, 0.4) is 0 Å². The van der Waals surface area contributed by atoms with Crippen molar-refractivity contribution < 1.29 is 9.21 Å². The van der Waals surface area contributed by atoms with Crippen LogP contribution in [0.4, 0.5) is 0 Å². The van der Waals surface area contributed by atoms with Gasteiger partial charge in [0.25, 0.3) is 5.91 Å². The number of nitrogens with zero attached hydrogens (tertiary/aromatic N) is 2. The van der Waals surface area contributed by atoms with Gasteiger partial charge in [0, 0.05) is 25.0 Å². The van der Waals surface area contributed by atoms with Crippen LogP contribution in [0, 0.1) is 6.92 Å². The van der Waals surface area contributed by atoms with Gasteiger partial charge in [-0.3, -0.25) is 9.69 Å². The number of nitrogens with two attached hydrogens (primary N) is 1. The summed E-state index contributed by atoms with van der Waals surface area (Å²) in [5.41, 5.74) is 9.08. The van der Waals surface area contributed by atoms with Gasteiger partial charge in [-0.1, -0.05) is 29.8 Å². The molecule has 0 radical (unpaired) electrons. The summed E-state index contributed by atoms with van der Waals surface area (Å²) in [6, 6.07) is 16.5. The minimum absolute atomic E-state index is 0.158. The Morgan fingerprint density at radius 1 is 1.20 bits per heavy atom. The Hall–Kier alpha value is -2.79. The lowest BCUT2D eigenvalue weighted by molar-refractivity contribution is 0.0967. The Labute approximate surface area is 146 Å². The highest BCUT2D eigenvalue weighted by Crippen LogP contribution is 2.34. The number of aromatic nitrogens is 1. The first-order valence-corrected chi connectivity index (χ1v) is 8.46. The number of amides is 1. The lowest BCUT2D eigenvalue weighted by Gasteiger charge is -2.37. The largest absolute Gasteiger partial charge is 0.455 e. The number of hydrogen-bond acceptors (Lipinski definition) is 3. The SMILES string of the molecule is Cc1cccc([C@@H]2c3cccn3CCN2Cc2ccc(C(N)=O)o2)c1. The Kier molecular flexibility index (Phi) is 3.93. The molecule has 2 aromatic heterocycles. The Bertz CT molecular complexity index is 909. The molecule has 5 heteroatoms. The van der Waals surface area contributed by atoms with Gasteiger partial charge in [0.2, 0.25) is 0 Å².